The maximum atomic E-state index is 14.2. The zero-order chi connectivity index (χ0) is 24.9. The summed E-state index contributed by atoms with van der Waals surface area (Å²) < 4.78 is 5.18. The number of benzene rings is 3. The van der Waals surface area contributed by atoms with Crippen LogP contribution in [0.1, 0.15) is 47.8 Å². The van der Waals surface area contributed by atoms with Gasteiger partial charge in [-0.1, -0.05) is 91.0 Å². The van der Waals surface area contributed by atoms with Crippen molar-refractivity contribution in [1.82, 2.24) is 9.80 Å². The molecule has 2 heterocycles. The zero-order valence-electron chi connectivity index (χ0n) is 20.8. The molecule has 2 aliphatic heterocycles. The number of rotatable bonds is 6. The maximum absolute atomic E-state index is 14.2. The van der Waals surface area contributed by atoms with Gasteiger partial charge in [0.05, 0.1) is 13.0 Å². The Morgan fingerprint density at radius 3 is 2.00 bits per heavy atom. The minimum atomic E-state index is -0.570. The van der Waals surface area contributed by atoms with Gasteiger partial charge in [0.25, 0.3) is 0 Å². The van der Waals surface area contributed by atoms with Crippen LogP contribution in [0.2, 0.25) is 0 Å². The lowest BCUT2D eigenvalue weighted by atomic mass is 9.89. The van der Waals surface area contributed by atoms with Crippen molar-refractivity contribution < 1.29 is 14.3 Å². The molecule has 3 atom stereocenters. The number of likely N-dealkylation sites (tertiary alicyclic amines) is 2. The quantitative estimate of drug-likeness (QED) is 0.472. The highest BCUT2D eigenvalue weighted by atomic mass is 16.5. The van der Waals surface area contributed by atoms with Crippen LogP contribution in [0.3, 0.4) is 0 Å². The van der Waals surface area contributed by atoms with Gasteiger partial charge in [-0.2, -0.15) is 0 Å². The first-order chi connectivity index (χ1) is 17.7. The Kier molecular flexibility index (Phi) is 7.47. The molecule has 0 bridgehead atoms. The second kappa shape index (κ2) is 11.1. The van der Waals surface area contributed by atoms with Crippen LogP contribution in [0.5, 0.6) is 0 Å². The van der Waals surface area contributed by atoms with Crippen molar-refractivity contribution in [2.75, 3.05) is 26.7 Å². The molecule has 1 amide bonds. The highest BCUT2D eigenvalue weighted by Gasteiger charge is 2.45. The molecule has 5 rings (SSSR count). The van der Waals surface area contributed by atoms with Crippen LogP contribution < -0.4 is 0 Å². The van der Waals surface area contributed by atoms with E-state index in [2.05, 4.69) is 35.2 Å². The van der Waals surface area contributed by atoms with Crippen LogP contribution in [0.15, 0.2) is 91.0 Å². The average molecular weight is 483 g/mol. The number of methoxy groups -OCH3 is 1. The fraction of sp³-hybridized carbons (Fsp3) is 0.355. The van der Waals surface area contributed by atoms with E-state index in [1.54, 1.807) is 4.90 Å². The molecule has 0 spiro atoms. The monoisotopic (exact) mass is 482 g/mol. The van der Waals surface area contributed by atoms with E-state index in [1.165, 1.54) is 19.1 Å². The van der Waals surface area contributed by atoms with Gasteiger partial charge in [0, 0.05) is 19.1 Å². The van der Waals surface area contributed by atoms with Gasteiger partial charge < -0.3 is 9.64 Å². The standard InChI is InChI=1S/C31H34N2O3/c1-36-31(35)28-20-27(32-19-11-18-26(21-32)23-12-5-2-6-13-23)22-33(28)30(34)29(24-14-7-3-8-15-24)25-16-9-4-10-17-25/h2-10,12-17,26-29H,11,18-22H2,1H3/t26-,27-,28-/m0/s1. The number of amides is 1. The van der Waals surface area contributed by atoms with E-state index >= 15 is 0 Å². The Balaban J connectivity index is 1.41. The highest BCUT2D eigenvalue weighted by molar-refractivity contribution is 5.91. The lowest BCUT2D eigenvalue weighted by Crippen LogP contribution is -2.45. The molecular formula is C31H34N2O3. The minimum Gasteiger partial charge on any atom is -0.467 e. The van der Waals surface area contributed by atoms with Crippen molar-refractivity contribution in [3.63, 3.8) is 0 Å². The SMILES string of the molecule is COC(=O)[C@@H]1C[C@H](N2CCC[C@H](c3ccccc3)C2)CN1C(=O)C(c1ccccc1)c1ccccc1. The number of carbonyl (C=O) groups is 2. The minimum absolute atomic E-state index is 0.0399. The molecular weight excluding hydrogens is 448 g/mol. The second-order valence-corrected chi connectivity index (χ2v) is 9.92. The third-order valence-corrected chi connectivity index (χ3v) is 7.79. The summed E-state index contributed by atoms with van der Waals surface area (Å²) >= 11 is 0. The number of nitrogens with zero attached hydrogens (tertiary/aromatic N) is 2. The molecule has 36 heavy (non-hydrogen) atoms. The number of piperidine rings is 1. The first kappa shape index (κ1) is 24.3. The Morgan fingerprint density at radius 1 is 0.833 bits per heavy atom. The third-order valence-electron chi connectivity index (χ3n) is 7.79. The summed E-state index contributed by atoms with van der Waals surface area (Å²) in [5.74, 6) is -0.358. The molecule has 3 aromatic carbocycles. The summed E-state index contributed by atoms with van der Waals surface area (Å²) in [6.07, 6.45) is 2.89. The van der Waals surface area contributed by atoms with E-state index in [-0.39, 0.29) is 17.9 Å². The predicted molar refractivity (Wildman–Crippen MR) is 141 cm³/mol. The Morgan fingerprint density at radius 2 is 1.42 bits per heavy atom. The summed E-state index contributed by atoms with van der Waals surface area (Å²) in [6, 6.07) is 30.0. The molecule has 0 saturated carbocycles. The van der Waals surface area contributed by atoms with Crippen LogP contribution in [0.4, 0.5) is 0 Å². The van der Waals surface area contributed by atoms with Gasteiger partial charge in [-0.05, 0) is 48.4 Å². The van der Waals surface area contributed by atoms with Gasteiger partial charge in [-0.25, -0.2) is 4.79 Å². The van der Waals surface area contributed by atoms with Crippen molar-refractivity contribution in [3.05, 3.63) is 108 Å². The van der Waals surface area contributed by atoms with Gasteiger partial charge in [0.15, 0.2) is 0 Å². The van der Waals surface area contributed by atoms with Crippen molar-refractivity contribution in [3.8, 4) is 0 Å². The van der Waals surface area contributed by atoms with Gasteiger partial charge in [0.2, 0.25) is 5.91 Å². The molecule has 0 radical (unpaired) electrons. The maximum Gasteiger partial charge on any atom is 0.328 e. The van der Waals surface area contributed by atoms with Crippen LogP contribution in [-0.4, -0.2) is 60.5 Å². The normalized spacial score (nSPS) is 22.5. The van der Waals surface area contributed by atoms with E-state index in [1.807, 2.05) is 60.7 Å². The fourth-order valence-corrected chi connectivity index (χ4v) is 5.95. The summed E-state index contributed by atoms with van der Waals surface area (Å²) in [6.45, 7) is 2.48. The van der Waals surface area contributed by atoms with Crippen LogP contribution >= 0.6 is 0 Å². The van der Waals surface area contributed by atoms with Crippen molar-refractivity contribution in [1.29, 1.82) is 0 Å². The molecule has 0 N–H and O–H groups in total. The van der Waals surface area contributed by atoms with Crippen LogP contribution in [-0.2, 0) is 14.3 Å². The summed E-state index contributed by atoms with van der Waals surface area (Å²) in [4.78, 5) is 31.4. The average Bonchev–Trinajstić information content (AvgIpc) is 3.40. The Labute approximate surface area is 213 Å². The molecule has 2 saturated heterocycles. The number of hydrogen-bond donors (Lipinski definition) is 0. The molecule has 0 unspecified atom stereocenters. The predicted octanol–water partition coefficient (Wildman–Crippen LogP) is 4.84. The second-order valence-electron chi connectivity index (χ2n) is 9.92. The largest absolute Gasteiger partial charge is 0.467 e. The number of esters is 1. The van der Waals surface area contributed by atoms with E-state index in [4.69, 9.17) is 4.74 Å². The van der Waals surface area contributed by atoms with Gasteiger partial charge >= 0.3 is 5.97 Å². The molecule has 5 heteroatoms. The summed E-state index contributed by atoms with van der Waals surface area (Å²) in [7, 11) is 1.41. The lowest BCUT2D eigenvalue weighted by Gasteiger charge is -2.37. The Bertz CT molecular complexity index is 1110. The smallest absolute Gasteiger partial charge is 0.328 e. The molecule has 2 fully saturated rings. The summed E-state index contributed by atoms with van der Waals surface area (Å²) in [5.41, 5.74) is 3.23. The zero-order valence-corrected chi connectivity index (χ0v) is 20.8. The van der Waals surface area contributed by atoms with Crippen LogP contribution in [0.25, 0.3) is 0 Å². The first-order valence-corrected chi connectivity index (χ1v) is 12.9. The fourth-order valence-electron chi connectivity index (χ4n) is 5.95. The van der Waals surface area contributed by atoms with Crippen molar-refractivity contribution in [2.45, 2.75) is 43.2 Å². The van der Waals surface area contributed by atoms with Crippen molar-refractivity contribution >= 4 is 11.9 Å². The van der Waals surface area contributed by atoms with Gasteiger partial charge in [0.1, 0.15) is 6.04 Å². The van der Waals surface area contributed by atoms with E-state index in [9.17, 15) is 9.59 Å². The van der Waals surface area contributed by atoms with E-state index < -0.39 is 12.0 Å². The number of hydrogen-bond acceptors (Lipinski definition) is 4. The summed E-state index contributed by atoms with van der Waals surface area (Å²) in [5, 5.41) is 0. The van der Waals surface area contributed by atoms with E-state index in [0.29, 0.717) is 18.9 Å². The third kappa shape index (κ3) is 5.07. The number of carbonyl (C=O) groups excluding carboxylic acids is 2. The lowest BCUT2D eigenvalue weighted by molar-refractivity contribution is -0.151. The van der Waals surface area contributed by atoms with Gasteiger partial charge in [-0.3, -0.25) is 9.69 Å². The highest BCUT2D eigenvalue weighted by Crippen LogP contribution is 2.35. The van der Waals surface area contributed by atoms with Crippen LogP contribution in [0, 0.1) is 0 Å². The molecule has 2 aliphatic rings. The number of ether oxygens (including phenoxy) is 1. The topological polar surface area (TPSA) is 49.9 Å². The van der Waals surface area contributed by atoms with Gasteiger partial charge in [-0.15, -0.1) is 0 Å². The van der Waals surface area contributed by atoms with E-state index in [0.717, 1.165) is 30.6 Å². The molecule has 3 aromatic rings. The molecule has 0 aliphatic carbocycles. The van der Waals surface area contributed by atoms with Crippen molar-refractivity contribution in [2.24, 2.45) is 0 Å². The first-order valence-electron chi connectivity index (χ1n) is 12.9. The molecule has 5 nitrogen and oxygen atoms in total. The molecule has 0 aromatic heterocycles. The Hall–Kier alpha value is -3.44. The molecule has 186 valence electrons.